The molecule has 0 saturated heterocycles. The number of benzene rings is 2. The van der Waals surface area contributed by atoms with Crippen molar-refractivity contribution in [1.82, 2.24) is 0 Å². The van der Waals surface area contributed by atoms with Crippen molar-refractivity contribution >= 4 is 27.6 Å². The van der Waals surface area contributed by atoms with E-state index >= 15 is 0 Å². The van der Waals surface area contributed by atoms with Crippen LogP contribution in [0.5, 0.6) is 5.75 Å². The summed E-state index contributed by atoms with van der Waals surface area (Å²) < 4.78 is 91.8. The molecule has 38 heavy (non-hydrogen) atoms. The molecule has 2 aromatic carbocycles. The Hall–Kier alpha value is -3.35. The van der Waals surface area contributed by atoms with Gasteiger partial charge in [-0.2, -0.15) is 13.2 Å². The molecule has 0 unspecified atom stereocenters. The van der Waals surface area contributed by atoms with Crippen LogP contribution in [0.25, 0.3) is 0 Å². The molecule has 8 nitrogen and oxygen atoms in total. The third-order valence-electron chi connectivity index (χ3n) is 6.11. The van der Waals surface area contributed by atoms with Gasteiger partial charge in [0.2, 0.25) is 5.60 Å². The molecule has 2 aromatic rings. The van der Waals surface area contributed by atoms with Crippen LogP contribution in [0.1, 0.15) is 38.3 Å². The Kier molecular flexibility index (Phi) is 8.02. The lowest BCUT2D eigenvalue weighted by atomic mass is 10.0. The van der Waals surface area contributed by atoms with E-state index in [0.717, 1.165) is 22.5 Å². The second kappa shape index (κ2) is 10.4. The minimum atomic E-state index is -4.80. The molecule has 1 aliphatic heterocycles. The summed E-state index contributed by atoms with van der Waals surface area (Å²) >= 11 is 0. The summed E-state index contributed by atoms with van der Waals surface area (Å²) in [5.41, 5.74) is -2.50. The zero-order chi connectivity index (χ0) is 28.6. The van der Waals surface area contributed by atoms with Gasteiger partial charge < -0.3 is 14.6 Å². The van der Waals surface area contributed by atoms with Gasteiger partial charge in [0, 0.05) is 0 Å². The number of aliphatic carboxylic acids is 1. The highest BCUT2D eigenvalue weighted by molar-refractivity contribution is 7.92. The van der Waals surface area contributed by atoms with E-state index in [4.69, 9.17) is 4.74 Å². The highest BCUT2D eigenvalue weighted by Crippen LogP contribution is 2.39. The zero-order valence-electron chi connectivity index (χ0n) is 21.0. The van der Waals surface area contributed by atoms with E-state index in [-0.39, 0.29) is 40.4 Å². The molecule has 3 rings (SSSR count). The molecule has 0 bridgehead atoms. The van der Waals surface area contributed by atoms with Crippen LogP contribution in [0.2, 0.25) is 0 Å². The Morgan fingerprint density at radius 2 is 1.84 bits per heavy atom. The summed E-state index contributed by atoms with van der Waals surface area (Å²) in [6, 6.07) is 7.24. The number of fused-ring (bicyclic) bond motifs is 1. The van der Waals surface area contributed by atoms with Crippen molar-refractivity contribution in [3.63, 3.8) is 0 Å². The number of carbonyl (C=O) groups is 2. The average molecular weight is 562 g/mol. The van der Waals surface area contributed by atoms with Gasteiger partial charge in [-0.15, -0.1) is 0 Å². The first kappa shape index (κ1) is 29.2. The largest absolute Gasteiger partial charge is 0.486 e. The smallest absolute Gasteiger partial charge is 0.427 e. The third kappa shape index (κ3) is 6.20. The lowest BCUT2D eigenvalue weighted by Crippen LogP contribution is -2.44. The normalized spacial score (nSPS) is 16.8. The Labute approximate surface area is 217 Å². The molecule has 13 heteroatoms. The molecule has 208 valence electrons. The fraction of sp³-hybridized carbons (Fsp3) is 0.440. The minimum Gasteiger partial charge on any atom is -0.486 e. The number of aryl methyl sites for hydroxylation is 1. The monoisotopic (exact) mass is 561 g/mol. The first-order valence-electron chi connectivity index (χ1n) is 11.5. The maximum Gasteiger partial charge on any atom is 0.427 e. The van der Waals surface area contributed by atoms with Gasteiger partial charge in [-0.3, -0.25) is 13.9 Å². The van der Waals surface area contributed by atoms with Crippen molar-refractivity contribution in [2.45, 2.75) is 63.3 Å². The maximum absolute atomic E-state index is 13.8. The number of carboxylic acid groups (broad SMARTS) is 1. The number of anilines is 1. The number of nitrogens with zero attached hydrogens (tertiary/aromatic N) is 1. The summed E-state index contributed by atoms with van der Waals surface area (Å²) in [5.74, 6) is -3.68. The van der Waals surface area contributed by atoms with E-state index in [1.165, 1.54) is 32.0 Å². The molecule has 1 N–H and O–H groups in total. The van der Waals surface area contributed by atoms with Gasteiger partial charge in [0.05, 0.1) is 29.5 Å². The van der Waals surface area contributed by atoms with E-state index in [0.29, 0.717) is 13.8 Å². The molecule has 0 radical (unpaired) electrons. The fourth-order valence-electron chi connectivity index (χ4n) is 3.76. The van der Waals surface area contributed by atoms with E-state index in [9.17, 15) is 40.7 Å². The van der Waals surface area contributed by atoms with Crippen LogP contribution in [0.3, 0.4) is 0 Å². The summed E-state index contributed by atoms with van der Waals surface area (Å²) in [6.07, 6.45) is -6.26. The van der Waals surface area contributed by atoms with Crippen molar-refractivity contribution in [3.8, 4) is 5.75 Å². The van der Waals surface area contributed by atoms with Crippen molar-refractivity contribution in [1.29, 1.82) is 0 Å². The quantitative estimate of drug-likeness (QED) is 0.370. The SMILES string of the molecule is Cc1cc(S(=O)(=O)N2C[C@H](C[C@@H](C)C(=O)O)Oc3ccc(CC(=O)OC(C)(C)C(F)(F)F)cc32)ccc1F. The topological polar surface area (TPSA) is 110 Å². The van der Waals surface area contributed by atoms with E-state index in [1.807, 2.05) is 0 Å². The summed E-state index contributed by atoms with van der Waals surface area (Å²) in [7, 11) is -4.32. The van der Waals surface area contributed by atoms with Crippen LogP contribution in [0.4, 0.5) is 23.2 Å². The molecule has 0 spiro atoms. The predicted molar refractivity (Wildman–Crippen MR) is 128 cm³/mol. The van der Waals surface area contributed by atoms with Gasteiger partial charge in [0.1, 0.15) is 17.7 Å². The summed E-state index contributed by atoms with van der Waals surface area (Å²) in [6.45, 7) is 3.97. The van der Waals surface area contributed by atoms with Crippen LogP contribution in [0.15, 0.2) is 41.3 Å². The van der Waals surface area contributed by atoms with Crippen LogP contribution >= 0.6 is 0 Å². The molecular formula is C25H27F4NO7S. The molecule has 0 saturated carbocycles. The second-order valence-corrected chi connectivity index (χ2v) is 11.5. The first-order valence-corrected chi connectivity index (χ1v) is 13.0. The van der Waals surface area contributed by atoms with Crippen molar-refractivity contribution < 1.29 is 50.1 Å². The number of esters is 1. The van der Waals surface area contributed by atoms with Crippen LogP contribution in [-0.2, 0) is 30.8 Å². The Balaban J connectivity index is 1.99. The minimum absolute atomic E-state index is 0.00779. The lowest BCUT2D eigenvalue weighted by Gasteiger charge is -2.36. The van der Waals surface area contributed by atoms with Crippen LogP contribution in [-0.4, -0.2) is 49.9 Å². The van der Waals surface area contributed by atoms with E-state index in [2.05, 4.69) is 4.74 Å². The number of rotatable bonds is 8. The highest BCUT2D eigenvalue weighted by atomic mass is 32.2. The van der Waals surface area contributed by atoms with Crippen LogP contribution < -0.4 is 9.04 Å². The zero-order valence-corrected chi connectivity index (χ0v) is 21.8. The number of halogens is 4. The number of hydrogen-bond acceptors (Lipinski definition) is 6. The number of sulfonamides is 1. The number of hydrogen-bond donors (Lipinski definition) is 1. The average Bonchev–Trinajstić information content (AvgIpc) is 2.79. The van der Waals surface area contributed by atoms with Gasteiger partial charge in [-0.05, 0) is 68.7 Å². The second-order valence-electron chi connectivity index (χ2n) is 9.62. The molecule has 2 atom stereocenters. The molecule has 0 aromatic heterocycles. The number of carboxylic acids is 1. The Morgan fingerprint density at radius 1 is 1.18 bits per heavy atom. The van der Waals surface area contributed by atoms with Gasteiger partial charge in [-0.1, -0.05) is 13.0 Å². The van der Waals surface area contributed by atoms with Crippen molar-refractivity contribution in [2.24, 2.45) is 5.92 Å². The summed E-state index contributed by atoms with van der Waals surface area (Å²) in [4.78, 5) is 23.4. The van der Waals surface area contributed by atoms with Gasteiger partial charge >= 0.3 is 18.1 Å². The molecule has 1 aliphatic rings. The predicted octanol–water partition coefficient (Wildman–Crippen LogP) is 4.63. The van der Waals surface area contributed by atoms with Gasteiger partial charge in [-0.25, -0.2) is 12.8 Å². The Morgan fingerprint density at radius 3 is 2.42 bits per heavy atom. The Bertz CT molecular complexity index is 1340. The van der Waals surface area contributed by atoms with Crippen LogP contribution in [0, 0.1) is 18.7 Å². The van der Waals surface area contributed by atoms with Crippen molar-refractivity contribution in [3.05, 3.63) is 53.3 Å². The van der Waals surface area contributed by atoms with Gasteiger partial charge in [0.15, 0.2) is 0 Å². The number of carbonyl (C=O) groups excluding carboxylic acids is 1. The fourth-order valence-corrected chi connectivity index (χ4v) is 5.35. The standard InChI is InChI=1S/C25H27F4NO7S/c1-14-10-18(6-7-19(14)26)38(34,35)30-13-17(9-15(2)23(32)33)36-21-8-5-16(11-20(21)30)12-22(31)37-24(3,4)25(27,28)29/h5-8,10-11,15,17H,9,12-13H2,1-4H3,(H,32,33)/t15-,17+/m1/s1. The highest BCUT2D eigenvalue weighted by Gasteiger charge is 2.50. The van der Waals surface area contributed by atoms with Gasteiger partial charge in [0.25, 0.3) is 10.0 Å². The number of ether oxygens (including phenoxy) is 2. The van der Waals surface area contributed by atoms with E-state index in [1.54, 1.807) is 0 Å². The summed E-state index contributed by atoms with van der Waals surface area (Å²) in [5, 5.41) is 9.28. The van der Waals surface area contributed by atoms with Crippen molar-refractivity contribution in [2.75, 3.05) is 10.8 Å². The van der Waals surface area contributed by atoms with E-state index < -0.39 is 58.0 Å². The molecule has 0 fully saturated rings. The maximum atomic E-state index is 13.8. The lowest BCUT2D eigenvalue weighted by molar-refractivity contribution is -0.257. The molecule has 0 aliphatic carbocycles. The first-order chi connectivity index (χ1) is 17.4. The molecule has 1 heterocycles. The number of alkyl halides is 3. The molecular weight excluding hydrogens is 534 g/mol. The third-order valence-corrected chi connectivity index (χ3v) is 7.89. The molecule has 0 amide bonds.